The monoisotopic (exact) mass is 460 g/mol. The number of anilines is 1. The Morgan fingerprint density at radius 1 is 1.09 bits per heavy atom. The minimum absolute atomic E-state index is 0.00597. The van der Waals surface area contributed by atoms with Crippen molar-refractivity contribution in [2.24, 2.45) is 5.41 Å². The summed E-state index contributed by atoms with van der Waals surface area (Å²) in [7, 11) is 0. The van der Waals surface area contributed by atoms with Gasteiger partial charge in [0, 0.05) is 55.1 Å². The molecule has 1 aromatic carbocycles. The van der Waals surface area contributed by atoms with Crippen molar-refractivity contribution in [3.8, 4) is 6.07 Å². The Morgan fingerprint density at radius 2 is 1.70 bits per heavy atom. The molecule has 2 fully saturated rings. The summed E-state index contributed by atoms with van der Waals surface area (Å²) < 4.78 is 31.7. The van der Waals surface area contributed by atoms with Crippen molar-refractivity contribution < 1.29 is 32.7 Å². The van der Waals surface area contributed by atoms with Gasteiger partial charge in [-0.1, -0.05) is 0 Å². The second-order valence-corrected chi connectivity index (χ2v) is 7.83. The van der Waals surface area contributed by atoms with Crippen LogP contribution in [0.15, 0.2) is 48.8 Å². The van der Waals surface area contributed by atoms with Gasteiger partial charge in [0.1, 0.15) is 0 Å². The first-order valence-corrected chi connectivity index (χ1v) is 9.85. The molecular weight excluding hydrogens is 441 g/mol. The predicted molar refractivity (Wildman–Crippen MR) is 109 cm³/mol. The molecule has 0 saturated carbocycles. The van der Waals surface area contributed by atoms with E-state index in [-0.39, 0.29) is 17.2 Å². The molecule has 3 heterocycles. The summed E-state index contributed by atoms with van der Waals surface area (Å²) in [6, 6.07) is 12.6. The molecule has 2 amide bonds. The highest BCUT2D eigenvalue weighted by Gasteiger charge is 2.48. The van der Waals surface area contributed by atoms with E-state index in [1.165, 1.54) is 0 Å². The molecule has 2 aromatic rings. The van der Waals surface area contributed by atoms with Gasteiger partial charge < -0.3 is 14.9 Å². The van der Waals surface area contributed by atoms with E-state index >= 15 is 0 Å². The zero-order valence-electron chi connectivity index (χ0n) is 17.2. The van der Waals surface area contributed by atoms with Gasteiger partial charge in [-0.25, -0.2) is 4.79 Å². The lowest BCUT2D eigenvalue weighted by molar-refractivity contribution is -0.192. The van der Waals surface area contributed by atoms with Crippen molar-refractivity contribution in [3.63, 3.8) is 0 Å². The van der Waals surface area contributed by atoms with Gasteiger partial charge in [-0.3, -0.25) is 14.6 Å². The maximum absolute atomic E-state index is 12.7. The van der Waals surface area contributed by atoms with Crippen LogP contribution in [0.2, 0.25) is 0 Å². The number of halogens is 3. The van der Waals surface area contributed by atoms with Crippen LogP contribution in [0.1, 0.15) is 28.8 Å². The number of carbonyl (C=O) groups excluding carboxylic acids is 2. The third-order valence-electron chi connectivity index (χ3n) is 5.52. The quantitative estimate of drug-likeness (QED) is 0.737. The number of carboxylic acids is 1. The van der Waals surface area contributed by atoms with E-state index in [0.717, 1.165) is 12.1 Å². The van der Waals surface area contributed by atoms with Crippen molar-refractivity contribution in [2.75, 3.05) is 24.5 Å². The van der Waals surface area contributed by atoms with Gasteiger partial charge in [0.25, 0.3) is 5.91 Å². The molecule has 8 nitrogen and oxygen atoms in total. The molecule has 2 aliphatic rings. The first-order valence-electron chi connectivity index (χ1n) is 9.85. The maximum Gasteiger partial charge on any atom is 0.490 e. The maximum atomic E-state index is 12.7. The van der Waals surface area contributed by atoms with Gasteiger partial charge in [0.2, 0.25) is 5.91 Å². The second kappa shape index (κ2) is 9.28. The second-order valence-electron chi connectivity index (χ2n) is 7.83. The van der Waals surface area contributed by atoms with Crippen LogP contribution in [0.3, 0.4) is 0 Å². The van der Waals surface area contributed by atoms with Crippen molar-refractivity contribution in [1.82, 2.24) is 9.88 Å². The number of rotatable bonds is 2. The number of hydrogen-bond acceptors (Lipinski definition) is 5. The number of nitrogens with zero attached hydrogens (tertiary/aromatic N) is 4. The number of nitriles is 1. The summed E-state index contributed by atoms with van der Waals surface area (Å²) in [4.78, 5) is 41.7. The molecule has 2 saturated heterocycles. The first-order chi connectivity index (χ1) is 15.5. The lowest BCUT2D eigenvalue weighted by atomic mass is 9.86. The average molecular weight is 460 g/mol. The van der Waals surface area contributed by atoms with E-state index in [9.17, 15) is 22.8 Å². The number of aliphatic carboxylic acids is 1. The van der Waals surface area contributed by atoms with Crippen LogP contribution in [0, 0.1) is 16.7 Å². The molecule has 1 unspecified atom stereocenters. The number of benzene rings is 1. The lowest BCUT2D eigenvalue weighted by Crippen LogP contribution is -2.34. The first kappa shape index (κ1) is 23.7. The average Bonchev–Trinajstić information content (AvgIpc) is 3.36. The van der Waals surface area contributed by atoms with Crippen molar-refractivity contribution >= 4 is 23.5 Å². The molecule has 0 bridgehead atoms. The Balaban J connectivity index is 0.000000383. The van der Waals surface area contributed by atoms with Crippen LogP contribution < -0.4 is 4.90 Å². The van der Waals surface area contributed by atoms with E-state index in [1.54, 1.807) is 41.6 Å². The molecule has 2 aliphatic heterocycles. The minimum atomic E-state index is -5.08. The van der Waals surface area contributed by atoms with E-state index in [4.69, 9.17) is 15.2 Å². The van der Waals surface area contributed by atoms with Gasteiger partial charge >= 0.3 is 12.1 Å². The number of amides is 2. The van der Waals surface area contributed by atoms with E-state index in [0.29, 0.717) is 37.2 Å². The molecule has 4 rings (SSSR count). The van der Waals surface area contributed by atoms with E-state index in [2.05, 4.69) is 11.1 Å². The van der Waals surface area contributed by atoms with Gasteiger partial charge in [-0.15, -0.1) is 0 Å². The molecule has 0 radical (unpaired) electrons. The van der Waals surface area contributed by atoms with Crippen molar-refractivity contribution in [3.05, 3.63) is 59.9 Å². The molecule has 1 N–H and O–H groups in total. The smallest absolute Gasteiger partial charge is 0.475 e. The molecule has 33 heavy (non-hydrogen) atoms. The number of alkyl halides is 3. The largest absolute Gasteiger partial charge is 0.490 e. The fourth-order valence-electron chi connectivity index (χ4n) is 3.91. The number of carboxylic acid groups (broad SMARTS) is 1. The Morgan fingerprint density at radius 3 is 2.24 bits per heavy atom. The zero-order valence-corrected chi connectivity index (χ0v) is 17.2. The third-order valence-corrected chi connectivity index (χ3v) is 5.52. The summed E-state index contributed by atoms with van der Waals surface area (Å²) in [6.45, 7) is 1.86. The van der Waals surface area contributed by atoms with Crippen molar-refractivity contribution in [2.45, 2.75) is 19.0 Å². The minimum Gasteiger partial charge on any atom is -0.475 e. The molecule has 1 atom stereocenters. The Kier molecular flexibility index (Phi) is 6.67. The fourth-order valence-corrected chi connectivity index (χ4v) is 3.91. The van der Waals surface area contributed by atoms with Gasteiger partial charge in [0.15, 0.2) is 0 Å². The molecule has 1 spiro atoms. The molecule has 1 aromatic heterocycles. The standard InChI is InChI=1S/C20H18N4O2.C2HF3O2/c21-12-15-1-3-17(4-2-15)24-14-20(11-18(24)25)7-10-23(13-20)19(26)16-5-8-22-9-6-16;3-2(4,5)1(6)7/h1-6,8-9H,7,10-11,13-14H2;(H,6,7). The Hall–Kier alpha value is -3.94. The number of carbonyl (C=O) groups is 3. The normalized spacial score (nSPS) is 19.8. The SMILES string of the molecule is N#Cc1ccc(N2CC3(CCN(C(=O)c4ccncc4)C3)CC2=O)cc1.O=C(O)C(F)(F)F. The van der Waals surface area contributed by atoms with Crippen LogP contribution in [0.5, 0.6) is 0 Å². The molecular formula is C22H19F3N4O4. The highest BCUT2D eigenvalue weighted by atomic mass is 19.4. The molecule has 0 aliphatic carbocycles. The van der Waals surface area contributed by atoms with E-state index in [1.807, 2.05) is 17.0 Å². The topological polar surface area (TPSA) is 115 Å². The van der Waals surface area contributed by atoms with Gasteiger partial charge in [-0.2, -0.15) is 18.4 Å². The molecule has 11 heteroatoms. The highest BCUT2D eigenvalue weighted by Crippen LogP contribution is 2.42. The van der Waals surface area contributed by atoms with Crippen LogP contribution >= 0.6 is 0 Å². The third kappa shape index (κ3) is 5.46. The van der Waals surface area contributed by atoms with Gasteiger partial charge in [-0.05, 0) is 42.8 Å². The summed E-state index contributed by atoms with van der Waals surface area (Å²) >= 11 is 0. The summed E-state index contributed by atoms with van der Waals surface area (Å²) in [6.07, 6.45) is -0.578. The zero-order chi connectivity index (χ0) is 24.2. The predicted octanol–water partition coefficient (Wildman–Crippen LogP) is 2.86. The summed E-state index contributed by atoms with van der Waals surface area (Å²) in [5.41, 5.74) is 1.83. The van der Waals surface area contributed by atoms with Crippen molar-refractivity contribution in [1.29, 1.82) is 5.26 Å². The summed E-state index contributed by atoms with van der Waals surface area (Å²) in [5.74, 6) is -2.69. The highest BCUT2D eigenvalue weighted by molar-refractivity contribution is 5.97. The van der Waals surface area contributed by atoms with Gasteiger partial charge in [0.05, 0.1) is 11.6 Å². The Bertz CT molecular complexity index is 1080. The fraction of sp³-hybridized carbons (Fsp3) is 0.318. The lowest BCUT2D eigenvalue weighted by Gasteiger charge is -2.24. The number of hydrogen-bond donors (Lipinski definition) is 1. The number of likely N-dealkylation sites (tertiary alicyclic amines) is 1. The van der Waals surface area contributed by atoms with Crippen LogP contribution in [-0.2, 0) is 9.59 Å². The van der Waals surface area contributed by atoms with Crippen LogP contribution in [-0.4, -0.2) is 58.6 Å². The van der Waals surface area contributed by atoms with Crippen LogP contribution in [0.4, 0.5) is 18.9 Å². The molecule has 172 valence electrons. The number of aromatic nitrogens is 1. The van der Waals surface area contributed by atoms with E-state index < -0.39 is 12.1 Å². The van der Waals surface area contributed by atoms with Crippen LogP contribution in [0.25, 0.3) is 0 Å². The Labute approximate surface area is 186 Å². The summed E-state index contributed by atoms with van der Waals surface area (Å²) in [5, 5.41) is 16.0. The number of pyridine rings is 1.